The van der Waals surface area contributed by atoms with Crippen molar-refractivity contribution < 1.29 is 24.5 Å². The van der Waals surface area contributed by atoms with E-state index in [1.165, 1.54) is 19.2 Å². The maximum absolute atomic E-state index is 10.6. The minimum absolute atomic E-state index is 0.112. The number of benzene rings is 1. The van der Waals surface area contributed by atoms with Crippen molar-refractivity contribution in [3.05, 3.63) is 23.3 Å². The van der Waals surface area contributed by atoms with Gasteiger partial charge < -0.3 is 14.9 Å². The molecule has 0 heterocycles. The Hall–Kier alpha value is -2.04. The van der Waals surface area contributed by atoms with E-state index in [4.69, 9.17) is 9.84 Å². The van der Waals surface area contributed by atoms with Gasteiger partial charge in [0, 0.05) is 12.0 Å². The number of hydrogen-bond acceptors (Lipinski definition) is 4. The van der Waals surface area contributed by atoms with Gasteiger partial charge in [-0.05, 0) is 24.1 Å². The van der Waals surface area contributed by atoms with Crippen LogP contribution in [0.15, 0.2) is 12.1 Å². The number of carbonyl (C=O) groups is 2. The fourth-order valence-electron chi connectivity index (χ4n) is 1.35. The van der Waals surface area contributed by atoms with Crippen molar-refractivity contribution in [2.45, 2.75) is 12.8 Å². The summed E-state index contributed by atoms with van der Waals surface area (Å²) in [6.07, 6.45) is 0.657. The SMILES string of the molecule is COc1cc(C=O)cc(CCC(=O)O)c1O. The molecule has 0 bridgehead atoms. The Morgan fingerprint density at radius 3 is 2.69 bits per heavy atom. The van der Waals surface area contributed by atoms with Crippen LogP contribution in [-0.2, 0) is 11.2 Å². The summed E-state index contributed by atoms with van der Waals surface area (Å²) in [6, 6.07) is 2.85. The molecular weight excluding hydrogens is 212 g/mol. The molecule has 0 fully saturated rings. The number of aldehydes is 1. The molecule has 0 aromatic heterocycles. The lowest BCUT2D eigenvalue weighted by molar-refractivity contribution is -0.136. The summed E-state index contributed by atoms with van der Waals surface area (Å²) in [5.74, 6) is -0.908. The Bertz CT molecular complexity index is 411. The maximum Gasteiger partial charge on any atom is 0.303 e. The molecule has 1 aromatic carbocycles. The number of carboxylic acids is 1. The number of aromatic hydroxyl groups is 1. The van der Waals surface area contributed by atoms with Gasteiger partial charge in [-0.25, -0.2) is 0 Å². The Morgan fingerprint density at radius 1 is 1.50 bits per heavy atom. The van der Waals surface area contributed by atoms with E-state index in [2.05, 4.69) is 0 Å². The minimum Gasteiger partial charge on any atom is -0.504 e. The van der Waals surface area contributed by atoms with Crippen LogP contribution in [0.2, 0.25) is 0 Å². The zero-order valence-electron chi connectivity index (χ0n) is 8.77. The minimum atomic E-state index is -0.963. The van der Waals surface area contributed by atoms with E-state index in [-0.39, 0.29) is 24.3 Å². The van der Waals surface area contributed by atoms with Crippen LogP contribution < -0.4 is 4.74 Å². The third-order valence-corrected chi connectivity index (χ3v) is 2.14. The highest BCUT2D eigenvalue weighted by molar-refractivity contribution is 5.77. The van der Waals surface area contributed by atoms with Gasteiger partial charge in [0.05, 0.1) is 7.11 Å². The molecule has 0 saturated heterocycles. The van der Waals surface area contributed by atoms with Gasteiger partial charge in [-0.15, -0.1) is 0 Å². The first-order valence-corrected chi connectivity index (χ1v) is 4.65. The monoisotopic (exact) mass is 224 g/mol. The number of hydrogen-bond donors (Lipinski definition) is 2. The molecule has 1 aromatic rings. The first kappa shape index (κ1) is 12.0. The highest BCUT2D eigenvalue weighted by Gasteiger charge is 2.11. The second-order valence-electron chi connectivity index (χ2n) is 3.24. The van der Waals surface area contributed by atoms with Crippen LogP contribution in [0, 0.1) is 0 Å². The Balaban J connectivity index is 3.05. The standard InChI is InChI=1S/C11H12O5/c1-16-9-5-7(6-12)4-8(11(9)15)2-3-10(13)14/h4-6,15H,2-3H2,1H3,(H,13,14). The van der Waals surface area contributed by atoms with Crippen LogP contribution in [-0.4, -0.2) is 29.6 Å². The van der Waals surface area contributed by atoms with Gasteiger partial charge in [-0.2, -0.15) is 0 Å². The van der Waals surface area contributed by atoms with Gasteiger partial charge in [0.15, 0.2) is 11.5 Å². The number of carboxylic acid groups (broad SMARTS) is 1. The number of aryl methyl sites for hydroxylation is 1. The largest absolute Gasteiger partial charge is 0.504 e. The van der Waals surface area contributed by atoms with Crippen LogP contribution in [0.5, 0.6) is 11.5 Å². The predicted molar refractivity (Wildman–Crippen MR) is 56.0 cm³/mol. The summed E-state index contributed by atoms with van der Waals surface area (Å²) >= 11 is 0. The molecule has 1 rings (SSSR count). The third-order valence-electron chi connectivity index (χ3n) is 2.14. The van der Waals surface area contributed by atoms with Crippen molar-refractivity contribution in [3.63, 3.8) is 0 Å². The van der Waals surface area contributed by atoms with Crippen molar-refractivity contribution in [1.29, 1.82) is 0 Å². The van der Waals surface area contributed by atoms with Crippen LogP contribution in [0.4, 0.5) is 0 Å². The summed E-state index contributed by atoms with van der Waals surface area (Å²) in [5, 5.41) is 18.2. The van der Waals surface area contributed by atoms with Crippen LogP contribution in [0.1, 0.15) is 22.3 Å². The fourth-order valence-corrected chi connectivity index (χ4v) is 1.35. The molecule has 0 radical (unpaired) electrons. The molecule has 5 heteroatoms. The van der Waals surface area contributed by atoms with Crippen LogP contribution in [0.3, 0.4) is 0 Å². The molecule has 0 aliphatic carbocycles. The quantitative estimate of drug-likeness (QED) is 0.735. The number of ether oxygens (including phenoxy) is 1. The van der Waals surface area contributed by atoms with Crippen molar-refractivity contribution in [2.75, 3.05) is 7.11 Å². The topological polar surface area (TPSA) is 83.8 Å². The summed E-state index contributed by atoms with van der Waals surface area (Å²) in [7, 11) is 1.37. The van der Waals surface area contributed by atoms with Gasteiger partial charge in [-0.1, -0.05) is 0 Å². The molecule has 0 spiro atoms. The van der Waals surface area contributed by atoms with Gasteiger partial charge in [-0.3, -0.25) is 9.59 Å². The van der Waals surface area contributed by atoms with E-state index in [1.807, 2.05) is 0 Å². The second-order valence-corrected chi connectivity index (χ2v) is 3.24. The number of aliphatic carboxylic acids is 1. The average Bonchev–Trinajstić information content (AvgIpc) is 2.27. The number of methoxy groups -OCH3 is 1. The Labute approximate surface area is 92.3 Å². The fraction of sp³-hybridized carbons (Fsp3) is 0.273. The van der Waals surface area contributed by atoms with Crippen molar-refractivity contribution in [1.82, 2.24) is 0 Å². The predicted octanol–water partition coefficient (Wildman–Crippen LogP) is 1.23. The number of phenolic OH excluding ortho intramolecular Hbond substituents is 1. The Morgan fingerprint density at radius 2 is 2.19 bits per heavy atom. The lowest BCUT2D eigenvalue weighted by atomic mass is 10.0. The summed E-state index contributed by atoms with van der Waals surface area (Å²) < 4.78 is 4.88. The molecule has 5 nitrogen and oxygen atoms in total. The van der Waals surface area contributed by atoms with E-state index in [1.54, 1.807) is 0 Å². The van der Waals surface area contributed by atoms with E-state index >= 15 is 0 Å². The molecule has 16 heavy (non-hydrogen) atoms. The molecule has 0 aliphatic heterocycles. The summed E-state index contributed by atoms with van der Waals surface area (Å²) in [4.78, 5) is 21.0. The molecule has 0 unspecified atom stereocenters. The zero-order chi connectivity index (χ0) is 12.1. The zero-order valence-corrected chi connectivity index (χ0v) is 8.77. The highest BCUT2D eigenvalue weighted by atomic mass is 16.5. The third kappa shape index (κ3) is 2.73. The lowest BCUT2D eigenvalue weighted by Gasteiger charge is -2.09. The first-order valence-electron chi connectivity index (χ1n) is 4.65. The van der Waals surface area contributed by atoms with E-state index in [0.717, 1.165) is 0 Å². The van der Waals surface area contributed by atoms with Gasteiger partial charge >= 0.3 is 5.97 Å². The summed E-state index contributed by atoms with van der Waals surface area (Å²) in [5.41, 5.74) is 0.735. The molecule has 86 valence electrons. The maximum atomic E-state index is 10.6. The lowest BCUT2D eigenvalue weighted by Crippen LogP contribution is -1.99. The number of phenols is 1. The van der Waals surface area contributed by atoms with Crippen molar-refractivity contribution in [3.8, 4) is 11.5 Å². The highest BCUT2D eigenvalue weighted by Crippen LogP contribution is 2.31. The van der Waals surface area contributed by atoms with Crippen LogP contribution in [0.25, 0.3) is 0 Å². The van der Waals surface area contributed by atoms with E-state index < -0.39 is 5.97 Å². The number of rotatable bonds is 5. The molecule has 0 atom stereocenters. The molecular formula is C11H12O5. The van der Waals surface area contributed by atoms with E-state index in [0.29, 0.717) is 17.4 Å². The van der Waals surface area contributed by atoms with Crippen molar-refractivity contribution >= 4 is 12.3 Å². The van der Waals surface area contributed by atoms with Crippen molar-refractivity contribution in [2.24, 2.45) is 0 Å². The first-order chi connectivity index (χ1) is 7.58. The molecule has 2 N–H and O–H groups in total. The van der Waals surface area contributed by atoms with Gasteiger partial charge in [0.2, 0.25) is 0 Å². The normalized spacial score (nSPS) is 9.81. The summed E-state index contributed by atoms with van der Waals surface area (Å²) in [6.45, 7) is 0. The van der Waals surface area contributed by atoms with Crippen LogP contribution >= 0.6 is 0 Å². The smallest absolute Gasteiger partial charge is 0.303 e. The number of carbonyl (C=O) groups excluding carboxylic acids is 1. The molecule has 0 amide bonds. The molecule has 0 aliphatic rings. The average molecular weight is 224 g/mol. The van der Waals surface area contributed by atoms with E-state index in [9.17, 15) is 14.7 Å². The second kappa shape index (κ2) is 5.16. The van der Waals surface area contributed by atoms with Gasteiger partial charge in [0.1, 0.15) is 6.29 Å². The Kier molecular flexibility index (Phi) is 3.88. The van der Waals surface area contributed by atoms with Gasteiger partial charge in [0.25, 0.3) is 0 Å². The molecule has 0 saturated carbocycles.